The fourth-order valence-corrected chi connectivity index (χ4v) is 6.01. The van der Waals surface area contributed by atoms with Crippen LogP contribution in [-0.4, -0.2) is 42.4 Å². The van der Waals surface area contributed by atoms with Crippen molar-refractivity contribution in [1.82, 2.24) is 10.2 Å². The number of ether oxygens (including phenoxy) is 1. The zero-order chi connectivity index (χ0) is 23.8. The molecule has 9 heteroatoms. The first-order chi connectivity index (χ1) is 15.8. The van der Waals surface area contributed by atoms with Gasteiger partial charge >= 0.3 is 12.0 Å². The topological polar surface area (TPSA) is 105 Å². The number of anilines is 1. The van der Waals surface area contributed by atoms with E-state index in [9.17, 15) is 19.2 Å². The lowest BCUT2D eigenvalue weighted by Gasteiger charge is -2.25. The van der Waals surface area contributed by atoms with Gasteiger partial charge in [0.2, 0.25) is 5.91 Å². The second kappa shape index (κ2) is 8.97. The van der Waals surface area contributed by atoms with Crippen LogP contribution in [0.3, 0.4) is 0 Å². The molecule has 1 aromatic carbocycles. The SMILES string of the molecule is CC[C@@]1(c2ccccc2)NC(=O)N(CC(=O)Nc2sc3c(c2C(=O)OC)CC[C@H](C)C3)C1=O. The maximum absolute atomic E-state index is 13.3. The highest BCUT2D eigenvalue weighted by molar-refractivity contribution is 7.17. The molecule has 0 saturated carbocycles. The Morgan fingerprint density at radius 1 is 1.27 bits per heavy atom. The van der Waals surface area contributed by atoms with Crippen molar-refractivity contribution in [2.24, 2.45) is 5.92 Å². The van der Waals surface area contributed by atoms with E-state index < -0.39 is 35.9 Å². The third-order valence-electron chi connectivity index (χ3n) is 6.43. The molecule has 8 nitrogen and oxygen atoms in total. The Morgan fingerprint density at radius 3 is 2.67 bits per heavy atom. The number of carbonyl (C=O) groups is 4. The lowest BCUT2D eigenvalue weighted by Crippen LogP contribution is -2.44. The Balaban J connectivity index is 1.56. The molecule has 0 spiro atoms. The normalized spacial score (nSPS) is 22.0. The number of nitrogens with zero attached hydrogens (tertiary/aromatic N) is 1. The van der Waals surface area contributed by atoms with E-state index in [1.807, 2.05) is 13.0 Å². The summed E-state index contributed by atoms with van der Waals surface area (Å²) in [6, 6.07) is 8.38. The van der Waals surface area contributed by atoms with E-state index in [0.717, 1.165) is 34.6 Å². The molecular weight excluding hydrogens is 442 g/mol. The molecule has 2 aliphatic rings. The molecule has 1 aromatic heterocycles. The van der Waals surface area contributed by atoms with Crippen LogP contribution in [0.15, 0.2) is 30.3 Å². The first-order valence-electron chi connectivity index (χ1n) is 11.0. The van der Waals surface area contributed by atoms with Crippen LogP contribution in [0.25, 0.3) is 0 Å². The number of hydrogen-bond acceptors (Lipinski definition) is 6. The van der Waals surface area contributed by atoms with Crippen LogP contribution in [0.5, 0.6) is 0 Å². The van der Waals surface area contributed by atoms with E-state index in [1.165, 1.54) is 18.4 Å². The molecule has 2 atom stereocenters. The minimum Gasteiger partial charge on any atom is -0.465 e. The summed E-state index contributed by atoms with van der Waals surface area (Å²) in [5.74, 6) is -1.02. The number of benzene rings is 1. The number of hydrogen-bond donors (Lipinski definition) is 2. The standard InChI is InChI=1S/C24H27N3O5S/c1-4-24(15-8-6-5-7-9-15)22(30)27(23(31)26-24)13-18(28)25-20-19(21(29)32-3)16-11-10-14(2)12-17(16)33-20/h5-9,14H,4,10-13H2,1-3H3,(H,25,28)(H,26,31)/t14-,24-/m0/s1. The van der Waals surface area contributed by atoms with Crippen molar-refractivity contribution in [2.75, 3.05) is 19.0 Å². The van der Waals surface area contributed by atoms with Crippen LogP contribution in [0, 0.1) is 5.92 Å². The molecule has 0 unspecified atom stereocenters. The Labute approximate surface area is 196 Å². The quantitative estimate of drug-likeness (QED) is 0.498. The second-order valence-electron chi connectivity index (χ2n) is 8.54. The van der Waals surface area contributed by atoms with Crippen molar-refractivity contribution in [3.63, 3.8) is 0 Å². The maximum atomic E-state index is 13.3. The fourth-order valence-electron chi connectivity index (χ4n) is 4.60. The van der Waals surface area contributed by atoms with Gasteiger partial charge in [0.05, 0.1) is 12.7 Å². The summed E-state index contributed by atoms with van der Waals surface area (Å²) >= 11 is 1.36. The number of esters is 1. The number of thiophene rings is 1. The molecule has 2 aromatic rings. The molecule has 0 radical (unpaired) electrons. The van der Waals surface area contributed by atoms with Gasteiger partial charge in [0.25, 0.3) is 5.91 Å². The highest BCUT2D eigenvalue weighted by Gasteiger charge is 2.51. The molecule has 1 aliphatic heterocycles. The molecular formula is C24H27N3O5S. The molecule has 0 bridgehead atoms. The van der Waals surface area contributed by atoms with E-state index in [0.29, 0.717) is 28.5 Å². The molecule has 4 amide bonds. The van der Waals surface area contributed by atoms with Crippen LogP contribution < -0.4 is 10.6 Å². The van der Waals surface area contributed by atoms with E-state index in [-0.39, 0.29) is 0 Å². The number of urea groups is 1. The molecule has 174 valence electrons. The maximum Gasteiger partial charge on any atom is 0.341 e. The number of carbonyl (C=O) groups excluding carboxylic acids is 4. The van der Waals surface area contributed by atoms with Crippen molar-refractivity contribution in [3.8, 4) is 0 Å². The third kappa shape index (κ3) is 4.01. The van der Waals surface area contributed by atoms with Crippen LogP contribution in [0.4, 0.5) is 9.80 Å². The number of rotatable bonds is 6. The highest BCUT2D eigenvalue weighted by atomic mass is 32.1. The Hall–Kier alpha value is -3.20. The number of nitrogens with one attached hydrogen (secondary N) is 2. The Kier molecular flexibility index (Phi) is 6.25. The summed E-state index contributed by atoms with van der Waals surface area (Å²) in [6.07, 6.45) is 2.89. The predicted molar refractivity (Wildman–Crippen MR) is 124 cm³/mol. The van der Waals surface area contributed by atoms with Gasteiger partial charge in [0.1, 0.15) is 17.1 Å². The zero-order valence-electron chi connectivity index (χ0n) is 18.9. The van der Waals surface area contributed by atoms with Crippen LogP contribution >= 0.6 is 11.3 Å². The van der Waals surface area contributed by atoms with Gasteiger partial charge in [-0.3, -0.25) is 14.5 Å². The van der Waals surface area contributed by atoms with Crippen molar-refractivity contribution < 1.29 is 23.9 Å². The average Bonchev–Trinajstić information content (AvgIpc) is 3.28. The number of methoxy groups -OCH3 is 1. The molecule has 2 heterocycles. The van der Waals surface area contributed by atoms with E-state index in [4.69, 9.17) is 4.74 Å². The summed E-state index contributed by atoms with van der Waals surface area (Å²) in [7, 11) is 1.31. The van der Waals surface area contributed by atoms with Gasteiger partial charge in [0, 0.05) is 4.88 Å². The minimum absolute atomic E-state index is 0.349. The smallest absolute Gasteiger partial charge is 0.341 e. The van der Waals surface area contributed by atoms with E-state index in [2.05, 4.69) is 17.6 Å². The minimum atomic E-state index is -1.20. The Bertz CT molecular complexity index is 1110. The fraction of sp³-hybridized carbons (Fsp3) is 0.417. The zero-order valence-corrected chi connectivity index (χ0v) is 19.7. The molecule has 1 saturated heterocycles. The molecule has 4 rings (SSSR count). The molecule has 1 aliphatic carbocycles. The lowest BCUT2D eigenvalue weighted by molar-refractivity contribution is -0.134. The molecule has 2 N–H and O–H groups in total. The third-order valence-corrected chi connectivity index (χ3v) is 7.60. The number of amides is 4. The van der Waals surface area contributed by atoms with E-state index in [1.54, 1.807) is 24.3 Å². The number of fused-ring (bicyclic) bond motifs is 1. The van der Waals surface area contributed by atoms with Crippen molar-refractivity contribution in [1.29, 1.82) is 0 Å². The summed E-state index contributed by atoms with van der Waals surface area (Å²) in [4.78, 5) is 53.3. The monoisotopic (exact) mass is 469 g/mol. The highest BCUT2D eigenvalue weighted by Crippen LogP contribution is 2.40. The number of imide groups is 1. The van der Waals surface area contributed by atoms with Gasteiger partial charge in [-0.25, -0.2) is 9.59 Å². The Morgan fingerprint density at radius 2 is 2.00 bits per heavy atom. The molecule has 1 fully saturated rings. The summed E-state index contributed by atoms with van der Waals surface area (Å²) in [6.45, 7) is 3.52. The summed E-state index contributed by atoms with van der Waals surface area (Å²) in [5.41, 5.74) is 0.766. The van der Waals surface area contributed by atoms with Gasteiger partial charge in [-0.15, -0.1) is 11.3 Å². The first kappa shape index (κ1) is 23.0. The van der Waals surface area contributed by atoms with Crippen molar-refractivity contribution in [3.05, 3.63) is 51.9 Å². The predicted octanol–water partition coefficient (Wildman–Crippen LogP) is 3.46. The van der Waals surface area contributed by atoms with Gasteiger partial charge in [-0.1, -0.05) is 44.2 Å². The largest absolute Gasteiger partial charge is 0.465 e. The van der Waals surface area contributed by atoms with Gasteiger partial charge < -0.3 is 15.4 Å². The van der Waals surface area contributed by atoms with Crippen LogP contribution in [-0.2, 0) is 32.7 Å². The molecule has 33 heavy (non-hydrogen) atoms. The van der Waals surface area contributed by atoms with Gasteiger partial charge in [-0.05, 0) is 42.7 Å². The summed E-state index contributed by atoms with van der Waals surface area (Å²) in [5, 5.41) is 5.93. The van der Waals surface area contributed by atoms with E-state index >= 15 is 0 Å². The van der Waals surface area contributed by atoms with Crippen LogP contribution in [0.2, 0.25) is 0 Å². The summed E-state index contributed by atoms with van der Waals surface area (Å²) < 4.78 is 4.96. The van der Waals surface area contributed by atoms with Crippen molar-refractivity contribution in [2.45, 2.75) is 45.1 Å². The first-order valence-corrected chi connectivity index (χ1v) is 11.8. The van der Waals surface area contributed by atoms with Crippen LogP contribution in [0.1, 0.15) is 53.1 Å². The second-order valence-corrected chi connectivity index (χ2v) is 9.65. The lowest BCUT2D eigenvalue weighted by atomic mass is 9.87. The average molecular weight is 470 g/mol. The van der Waals surface area contributed by atoms with Crippen molar-refractivity contribution >= 4 is 40.2 Å². The van der Waals surface area contributed by atoms with Gasteiger partial charge in [0.15, 0.2) is 0 Å². The van der Waals surface area contributed by atoms with Gasteiger partial charge in [-0.2, -0.15) is 0 Å².